The van der Waals surface area contributed by atoms with Crippen molar-refractivity contribution >= 4 is 192 Å². The molecule has 6 N–H and O–H groups in total. The summed E-state index contributed by atoms with van der Waals surface area (Å²) < 4.78 is 101. The molecule has 0 spiro atoms. The van der Waals surface area contributed by atoms with E-state index in [1.165, 1.54) is 36.4 Å². The van der Waals surface area contributed by atoms with Crippen molar-refractivity contribution in [3.8, 4) is 0 Å². The predicted molar refractivity (Wildman–Crippen MR) is 249 cm³/mol. The van der Waals surface area contributed by atoms with Gasteiger partial charge in [0, 0.05) is 116 Å². The fraction of sp³-hybridized carbons (Fsp3) is 0.0488. The quantitative estimate of drug-likeness (QED) is 0.0203. The van der Waals surface area contributed by atoms with E-state index >= 15 is 0 Å². The first-order valence-corrected chi connectivity index (χ1v) is 22.2. The van der Waals surface area contributed by atoms with Crippen LogP contribution in [0.3, 0.4) is 0 Å². The number of fused-ring (bicyclic) bond motifs is 2. The Hall–Kier alpha value is -4.14. The zero-order valence-electron chi connectivity index (χ0n) is 35.2. The molecule has 0 aliphatic carbocycles. The number of aliphatic hydroxyl groups excluding tert-OH is 1. The molecule has 0 heterocycles. The summed E-state index contributed by atoms with van der Waals surface area (Å²) in [6.45, 7) is 3.52. The molecule has 0 fully saturated rings. The van der Waals surface area contributed by atoms with Crippen molar-refractivity contribution in [2.45, 2.75) is 28.5 Å². The second kappa shape index (κ2) is 21.7. The van der Waals surface area contributed by atoms with E-state index < -0.39 is 40.1 Å². The van der Waals surface area contributed by atoms with Gasteiger partial charge in [0.1, 0.15) is 4.90 Å². The van der Waals surface area contributed by atoms with Gasteiger partial charge in [-0.2, -0.15) is 45.7 Å². The molecule has 0 saturated carbocycles. The van der Waals surface area contributed by atoms with Gasteiger partial charge in [0.2, 0.25) is 5.90 Å². The Bertz CT molecular complexity index is 3450. The molecule has 7 aromatic carbocycles. The number of benzene rings is 7. The first-order valence-electron chi connectivity index (χ1n) is 17.9. The Labute approximate surface area is 439 Å². The number of hydrogen-bond acceptors (Lipinski definition) is 14. The van der Waals surface area contributed by atoms with E-state index in [1.807, 2.05) is 0 Å². The fourth-order valence-electron chi connectivity index (χ4n) is 6.13. The molecule has 0 saturated heterocycles. The summed E-state index contributed by atoms with van der Waals surface area (Å²) in [7, 11) is -14.3. The topological polar surface area (TPSA) is 296 Å². The Morgan fingerprint density at radius 1 is 0.462 bits per heavy atom. The van der Waals surface area contributed by atoms with Gasteiger partial charge in [-0.25, -0.2) is 4.99 Å². The van der Waals surface area contributed by atoms with Crippen LogP contribution in [0.5, 0.6) is 0 Å². The average molecular weight is 962 g/mol. The van der Waals surface area contributed by atoms with E-state index in [0.717, 1.165) is 6.07 Å². The molecule has 18 nitrogen and oxygen atoms in total. The molecule has 0 amide bonds. The van der Waals surface area contributed by atoms with Gasteiger partial charge < -0.3 is 10.8 Å². The molecule has 7 aromatic rings. The van der Waals surface area contributed by atoms with Crippen LogP contribution in [0.25, 0.3) is 21.5 Å². The fourth-order valence-corrected chi connectivity index (χ4v) is 7.98. The Morgan fingerprint density at radius 3 is 1.54 bits per heavy atom. The van der Waals surface area contributed by atoms with Crippen LogP contribution in [0.4, 0.5) is 45.5 Å². The normalized spacial score (nSPS) is 12.4. The molecule has 65 heavy (non-hydrogen) atoms. The number of aryl methyl sites for hydroxylation is 2. The third-order valence-corrected chi connectivity index (χ3v) is 11.8. The van der Waals surface area contributed by atoms with Crippen LogP contribution in [-0.4, -0.2) is 139 Å². The van der Waals surface area contributed by atoms with Crippen LogP contribution >= 0.6 is 0 Å². The Kier molecular flexibility index (Phi) is 17.8. The molecule has 0 aliphatic heterocycles. The average Bonchev–Trinajstić information content (AvgIpc) is 3.21. The number of nitrogen functional groups attached to an aromatic ring is 1. The molecule has 317 valence electrons. The van der Waals surface area contributed by atoms with E-state index in [0.29, 0.717) is 67.7 Å². The monoisotopic (exact) mass is 961 g/mol. The number of hydrogen-bond donors (Lipinski definition) is 5. The summed E-state index contributed by atoms with van der Waals surface area (Å²) in [5, 5.41) is 37.2. The molecule has 0 bridgehead atoms. The van der Waals surface area contributed by atoms with Gasteiger partial charge >= 0.3 is 0 Å². The van der Waals surface area contributed by atoms with Crippen molar-refractivity contribution < 1.29 is 44.0 Å². The van der Waals surface area contributed by atoms with E-state index in [-0.39, 0.29) is 122 Å². The number of rotatable bonds is 11. The van der Waals surface area contributed by atoms with Crippen LogP contribution in [-0.2, 0) is 30.4 Å². The van der Waals surface area contributed by atoms with Crippen molar-refractivity contribution in [3.05, 3.63) is 138 Å². The number of azo groups is 3. The zero-order chi connectivity index (χ0) is 44.6. The van der Waals surface area contributed by atoms with Gasteiger partial charge in [-0.05, 0) is 140 Å². The molecule has 24 heteroatoms. The van der Waals surface area contributed by atoms with Gasteiger partial charge in [0.25, 0.3) is 30.4 Å². The number of nitrogens with two attached hydrogens (primary N) is 1. The van der Waals surface area contributed by atoms with Crippen molar-refractivity contribution in [1.29, 1.82) is 0 Å². The van der Waals surface area contributed by atoms with E-state index in [9.17, 15) is 44.0 Å². The van der Waals surface area contributed by atoms with Crippen LogP contribution in [0.1, 0.15) is 16.7 Å². The van der Waals surface area contributed by atoms with E-state index in [1.54, 1.807) is 86.6 Å². The second-order valence-electron chi connectivity index (χ2n) is 13.7. The minimum atomic E-state index is -4.91. The molecule has 0 aliphatic rings. The molecule has 0 atom stereocenters. The summed E-state index contributed by atoms with van der Waals surface area (Å²) in [6.07, 6.45) is 0. The summed E-state index contributed by atoms with van der Waals surface area (Å²) in [5.41, 5.74) is 10.6. The third kappa shape index (κ3) is 13.1. The Balaban J connectivity index is 0.00000308. The van der Waals surface area contributed by atoms with Crippen molar-refractivity contribution in [2.75, 3.05) is 5.73 Å². The summed E-state index contributed by atoms with van der Waals surface area (Å²) >= 11 is 0. The van der Waals surface area contributed by atoms with Crippen molar-refractivity contribution in [1.82, 2.24) is 0 Å². The van der Waals surface area contributed by atoms with Gasteiger partial charge in [0.15, 0.2) is 0 Å². The standard InChI is InChI=1S/C41H32N8O10S3.3Na/c1-23-17-28(43-41(50)25-3-6-27(42)7-4-25)9-13-37(23)47-49-38-15-16-39(35-21-31(60(51,52)53)11-12-33(35)38)48-44-29-10-14-36(24(2)18-29)46-45-30-8-5-26-19-32(61(54,55)56)22-40(34(26)20-30)62(57,58)59;;;/h3-22H,42H2,1-2H3,(H,43,50)(H,51,52,53)(H,54,55,56)(H,57,58,59);;;. The third-order valence-electron chi connectivity index (χ3n) is 9.27. The minimum absolute atomic E-state index is 0. The van der Waals surface area contributed by atoms with E-state index in [4.69, 9.17) is 5.73 Å². The maximum Gasteiger partial charge on any atom is 0.295 e. The molecular formula is C41H32N8Na3O10S3. The van der Waals surface area contributed by atoms with Gasteiger partial charge in [-0.1, -0.05) is 12.1 Å². The van der Waals surface area contributed by atoms with Gasteiger partial charge in [-0.15, -0.1) is 10.2 Å². The Morgan fingerprint density at radius 2 is 0.954 bits per heavy atom. The number of nitrogens with zero attached hydrogens (tertiary/aromatic N) is 7. The molecule has 7 rings (SSSR count). The smallest absolute Gasteiger partial charge is 0.295 e. The minimum Gasteiger partial charge on any atom is -0.493 e. The molecular weight excluding hydrogens is 930 g/mol. The van der Waals surface area contributed by atoms with Crippen LogP contribution in [0.15, 0.2) is 172 Å². The predicted octanol–water partition coefficient (Wildman–Crippen LogP) is 9.67. The van der Waals surface area contributed by atoms with Gasteiger partial charge in [0.05, 0.1) is 49.6 Å². The van der Waals surface area contributed by atoms with Crippen LogP contribution in [0, 0.1) is 13.8 Å². The summed E-state index contributed by atoms with van der Waals surface area (Å²) in [6, 6.07) is 29.4. The van der Waals surface area contributed by atoms with Crippen LogP contribution in [0.2, 0.25) is 0 Å². The van der Waals surface area contributed by atoms with E-state index in [2.05, 4.69) is 35.7 Å². The number of aliphatic hydroxyl groups is 1. The summed E-state index contributed by atoms with van der Waals surface area (Å²) in [4.78, 5) is 2.43. The zero-order valence-corrected chi connectivity index (χ0v) is 43.7. The maximum atomic E-state index is 12.1. The molecule has 0 unspecified atom stereocenters. The first kappa shape index (κ1) is 53.5. The second-order valence-corrected chi connectivity index (χ2v) is 17.9. The molecule has 0 aromatic heterocycles. The summed E-state index contributed by atoms with van der Waals surface area (Å²) in [5.74, 6) is -0.188. The maximum absolute atomic E-state index is 12.1. The molecule has 3 radical (unpaired) electrons. The van der Waals surface area contributed by atoms with Crippen LogP contribution < -0.4 is 5.73 Å². The number of anilines is 1. The largest absolute Gasteiger partial charge is 0.493 e. The SMILES string of the molecule is Cc1cc(N=Nc2ccc(N=Nc3ccc(N=C(O)c4ccc(N)cc4)cc3C)c3ccc(S(=O)(=O)O)cc23)ccc1N=Nc1ccc2cc(S(=O)(=O)O)cc(S(=O)(=O)O)c2c1.[Na].[Na].[Na]. The van der Waals surface area contributed by atoms with Crippen molar-refractivity contribution in [2.24, 2.45) is 35.7 Å². The first-order chi connectivity index (χ1) is 29.2. The number of aliphatic imine (C=N–C) groups is 1. The van der Waals surface area contributed by atoms with Gasteiger partial charge in [-0.3, -0.25) is 13.7 Å². The van der Waals surface area contributed by atoms with Crippen molar-refractivity contribution in [3.63, 3.8) is 0 Å².